The van der Waals surface area contributed by atoms with E-state index in [0.717, 1.165) is 18.8 Å². The zero-order valence-corrected chi connectivity index (χ0v) is 12.5. The van der Waals surface area contributed by atoms with Gasteiger partial charge in [0.05, 0.1) is 0 Å². The fourth-order valence-electron chi connectivity index (χ4n) is 2.37. The number of aliphatic hydroxyl groups excluding tert-OH is 1. The number of carbonyl (C=O) groups excluding carboxylic acids is 1. The van der Waals surface area contributed by atoms with E-state index in [2.05, 4.69) is 18.7 Å². The molecule has 0 heterocycles. The van der Waals surface area contributed by atoms with Crippen molar-refractivity contribution < 1.29 is 9.90 Å². The van der Waals surface area contributed by atoms with Crippen LogP contribution in [0.1, 0.15) is 35.9 Å². The first kappa shape index (κ1) is 15.3. The van der Waals surface area contributed by atoms with Crippen molar-refractivity contribution in [2.75, 3.05) is 18.0 Å². The largest absolute Gasteiger partial charge is 0.380 e. The Labute approximate surface area is 125 Å². The van der Waals surface area contributed by atoms with Crippen molar-refractivity contribution in [2.45, 2.75) is 20.0 Å². The number of carbonyl (C=O) groups is 1. The molecule has 0 spiro atoms. The minimum absolute atomic E-state index is 0.272. The molecule has 0 saturated heterocycles. The lowest BCUT2D eigenvalue weighted by Gasteiger charge is -2.21. The summed E-state index contributed by atoms with van der Waals surface area (Å²) in [6, 6.07) is 16.4. The molecule has 0 radical (unpaired) electrons. The van der Waals surface area contributed by atoms with Gasteiger partial charge >= 0.3 is 0 Å². The summed E-state index contributed by atoms with van der Waals surface area (Å²) in [5.41, 5.74) is 2.25. The maximum Gasteiger partial charge on any atom is 0.195 e. The fourth-order valence-corrected chi connectivity index (χ4v) is 2.37. The van der Waals surface area contributed by atoms with Crippen LogP contribution in [0.4, 0.5) is 5.69 Å². The fraction of sp³-hybridized carbons (Fsp3) is 0.278. The van der Waals surface area contributed by atoms with Gasteiger partial charge < -0.3 is 10.0 Å². The molecule has 0 aliphatic rings. The van der Waals surface area contributed by atoms with Crippen LogP contribution in [0.25, 0.3) is 0 Å². The van der Waals surface area contributed by atoms with Gasteiger partial charge in [-0.2, -0.15) is 0 Å². The molecule has 1 unspecified atom stereocenters. The average molecular weight is 283 g/mol. The molecule has 21 heavy (non-hydrogen) atoms. The van der Waals surface area contributed by atoms with Crippen molar-refractivity contribution in [3.63, 3.8) is 0 Å². The molecule has 0 aromatic heterocycles. The molecule has 2 aromatic carbocycles. The van der Waals surface area contributed by atoms with Crippen molar-refractivity contribution in [1.29, 1.82) is 0 Å². The Morgan fingerprint density at radius 2 is 1.57 bits per heavy atom. The van der Waals surface area contributed by atoms with E-state index in [9.17, 15) is 9.90 Å². The molecular weight excluding hydrogens is 262 g/mol. The molecule has 3 heteroatoms. The molecule has 1 atom stereocenters. The van der Waals surface area contributed by atoms with Gasteiger partial charge in [0.1, 0.15) is 6.10 Å². The zero-order valence-electron chi connectivity index (χ0n) is 12.5. The predicted molar refractivity (Wildman–Crippen MR) is 85.7 cm³/mol. The van der Waals surface area contributed by atoms with E-state index in [4.69, 9.17) is 0 Å². The molecular formula is C18H21NO2. The summed E-state index contributed by atoms with van der Waals surface area (Å²) in [5, 5.41) is 10.2. The van der Waals surface area contributed by atoms with Gasteiger partial charge in [-0.15, -0.1) is 0 Å². The Morgan fingerprint density at radius 3 is 2.10 bits per heavy atom. The summed E-state index contributed by atoms with van der Waals surface area (Å²) >= 11 is 0. The van der Waals surface area contributed by atoms with E-state index in [1.165, 1.54) is 0 Å². The van der Waals surface area contributed by atoms with Crippen LogP contribution in [-0.4, -0.2) is 24.0 Å². The smallest absolute Gasteiger partial charge is 0.195 e. The van der Waals surface area contributed by atoms with E-state index in [-0.39, 0.29) is 5.78 Å². The van der Waals surface area contributed by atoms with Gasteiger partial charge in [-0.05, 0) is 31.5 Å². The molecule has 0 fully saturated rings. The van der Waals surface area contributed by atoms with Gasteiger partial charge in [0.2, 0.25) is 0 Å². The topological polar surface area (TPSA) is 40.5 Å². The van der Waals surface area contributed by atoms with Crippen LogP contribution in [0.5, 0.6) is 0 Å². The first-order valence-electron chi connectivity index (χ1n) is 7.29. The molecule has 0 saturated carbocycles. The van der Waals surface area contributed by atoms with Crippen LogP contribution in [0.15, 0.2) is 54.6 Å². The highest BCUT2D eigenvalue weighted by atomic mass is 16.3. The summed E-state index contributed by atoms with van der Waals surface area (Å²) in [5.74, 6) is -0.272. The number of aliphatic hydroxyl groups is 1. The molecule has 0 aliphatic heterocycles. The van der Waals surface area contributed by atoms with Gasteiger partial charge in [0, 0.05) is 24.3 Å². The third kappa shape index (κ3) is 3.50. The normalized spacial score (nSPS) is 12.0. The number of ketones is 1. The third-order valence-electron chi connectivity index (χ3n) is 3.64. The zero-order chi connectivity index (χ0) is 15.2. The van der Waals surface area contributed by atoms with Gasteiger partial charge in [-0.25, -0.2) is 0 Å². The number of rotatable bonds is 6. The Balaban J connectivity index is 2.17. The van der Waals surface area contributed by atoms with E-state index < -0.39 is 6.10 Å². The molecule has 110 valence electrons. The quantitative estimate of drug-likeness (QED) is 0.825. The molecule has 2 rings (SSSR count). The van der Waals surface area contributed by atoms with E-state index in [1.54, 1.807) is 24.3 Å². The summed E-state index contributed by atoms with van der Waals surface area (Å²) in [6.07, 6.45) is -1.11. The second-order valence-corrected chi connectivity index (χ2v) is 4.90. The van der Waals surface area contributed by atoms with Gasteiger partial charge in [-0.3, -0.25) is 4.79 Å². The predicted octanol–water partition coefficient (Wildman–Crippen LogP) is 3.45. The van der Waals surface area contributed by atoms with Crippen LogP contribution < -0.4 is 4.90 Å². The minimum Gasteiger partial charge on any atom is -0.380 e. The molecule has 2 aromatic rings. The Hall–Kier alpha value is -2.13. The first-order chi connectivity index (χ1) is 10.2. The lowest BCUT2D eigenvalue weighted by Crippen LogP contribution is -2.21. The standard InChI is InChI=1S/C18H21NO2/c1-3-19(4-2)16-12-10-15(11-13-16)18(21)17(20)14-8-6-5-7-9-14/h5-13,18,21H,3-4H2,1-2H3. The summed E-state index contributed by atoms with van der Waals surface area (Å²) < 4.78 is 0. The number of hydrogen-bond donors (Lipinski definition) is 1. The van der Waals surface area contributed by atoms with Crippen molar-refractivity contribution in [3.05, 3.63) is 65.7 Å². The number of benzene rings is 2. The lowest BCUT2D eigenvalue weighted by atomic mass is 10.00. The van der Waals surface area contributed by atoms with Crippen LogP contribution in [0.2, 0.25) is 0 Å². The van der Waals surface area contributed by atoms with Crippen LogP contribution >= 0.6 is 0 Å². The van der Waals surface area contributed by atoms with Crippen molar-refractivity contribution in [1.82, 2.24) is 0 Å². The highest BCUT2D eigenvalue weighted by Crippen LogP contribution is 2.22. The Bertz CT molecular complexity index is 574. The molecule has 0 amide bonds. The van der Waals surface area contributed by atoms with Gasteiger partial charge in [0.15, 0.2) is 5.78 Å². The average Bonchev–Trinajstić information content (AvgIpc) is 2.56. The lowest BCUT2D eigenvalue weighted by molar-refractivity contribution is 0.0747. The molecule has 0 bridgehead atoms. The number of Topliss-reactive ketones (excluding diaryl/α,β-unsaturated/α-hetero) is 1. The first-order valence-corrected chi connectivity index (χ1v) is 7.29. The molecule has 3 nitrogen and oxygen atoms in total. The van der Waals surface area contributed by atoms with E-state index in [1.807, 2.05) is 30.3 Å². The number of nitrogens with zero attached hydrogens (tertiary/aromatic N) is 1. The van der Waals surface area contributed by atoms with Crippen molar-refractivity contribution in [3.8, 4) is 0 Å². The Kier molecular flexibility index (Phi) is 5.12. The third-order valence-corrected chi connectivity index (χ3v) is 3.64. The summed E-state index contributed by atoms with van der Waals surface area (Å²) in [4.78, 5) is 14.4. The molecule has 1 N–H and O–H groups in total. The number of anilines is 1. The van der Waals surface area contributed by atoms with Crippen LogP contribution in [0.3, 0.4) is 0 Å². The van der Waals surface area contributed by atoms with Crippen LogP contribution in [-0.2, 0) is 0 Å². The van der Waals surface area contributed by atoms with E-state index in [0.29, 0.717) is 11.1 Å². The monoisotopic (exact) mass is 283 g/mol. The molecule has 0 aliphatic carbocycles. The minimum atomic E-state index is -1.11. The van der Waals surface area contributed by atoms with Gasteiger partial charge in [-0.1, -0.05) is 42.5 Å². The number of hydrogen-bond acceptors (Lipinski definition) is 3. The second-order valence-electron chi connectivity index (χ2n) is 4.90. The SMILES string of the molecule is CCN(CC)c1ccc(C(O)C(=O)c2ccccc2)cc1. The second kappa shape index (κ2) is 7.04. The maximum absolute atomic E-state index is 12.2. The van der Waals surface area contributed by atoms with E-state index >= 15 is 0 Å². The summed E-state index contributed by atoms with van der Waals surface area (Å²) in [7, 11) is 0. The van der Waals surface area contributed by atoms with Crippen molar-refractivity contribution >= 4 is 11.5 Å². The Morgan fingerprint density at radius 1 is 1.00 bits per heavy atom. The van der Waals surface area contributed by atoms with Gasteiger partial charge in [0.25, 0.3) is 0 Å². The van der Waals surface area contributed by atoms with Crippen molar-refractivity contribution in [2.24, 2.45) is 0 Å². The highest BCUT2D eigenvalue weighted by molar-refractivity contribution is 5.99. The summed E-state index contributed by atoms with van der Waals surface area (Å²) in [6.45, 7) is 6.07. The highest BCUT2D eigenvalue weighted by Gasteiger charge is 2.19. The van der Waals surface area contributed by atoms with Crippen LogP contribution in [0, 0.1) is 0 Å². The maximum atomic E-state index is 12.2.